The average molecular weight is 318 g/mol. The Balaban J connectivity index is 1.98. The number of anilines is 1. The van der Waals surface area contributed by atoms with Gasteiger partial charge < -0.3 is 15.0 Å². The van der Waals surface area contributed by atoms with Gasteiger partial charge in [0.1, 0.15) is 5.75 Å². The molecule has 1 heterocycles. The fourth-order valence-corrected chi connectivity index (χ4v) is 2.54. The van der Waals surface area contributed by atoms with Crippen molar-refractivity contribution in [3.05, 3.63) is 24.3 Å². The number of rotatable bonds is 7. The van der Waals surface area contributed by atoms with Crippen LogP contribution in [0.4, 0.5) is 5.69 Å². The van der Waals surface area contributed by atoms with Gasteiger partial charge in [-0.2, -0.15) is 0 Å². The number of hydrogen-bond donors (Lipinski definition) is 1. The maximum absolute atomic E-state index is 12.2. The molecular formula is C18H26N2O3. The second kappa shape index (κ2) is 7.99. The first-order chi connectivity index (χ1) is 11.0. The first kappa shape index (κ1) is 17.3. The number of nitrogens with one attached hydrogen (secondary N) is 1. The van der Waals surface area contributed by atoms with E-state index < -0.39 is 0 Å². The maximum atomic E-state index is 12.2. The Morgan fingerprint density at radius 2 is 2.04 bits per heavy atom. The van der Waals surface area contributed by atoms with Gasteiger partial charge in [0.2, 0.25) is 11.8 Å². The fourth-order valence-electron chi connectivity index (χ4n) is 2.54. The van der Waals surface area contributed by atoms with Gasteiger partial charge in [-0.25, -0.2) is 0 Å². The van der Waals surface area contributed by atoms with Crippen molar-refractivity contribution in [2.24, 2.45) is 5.92 Å². The van der Waals surface area contributed by atoms with Crippen molar-refractivity contribution >= 4 is 17.5 Å². The average Bonchev–Trinajstić information content (AvgIpc) is 2.95. The molecule has 1 N–H and O–H groups in total. The van der Waals surface area contributed by atoms with E-state index in [0.717, 1.165) is 24.3 Å². The Morgan fingerprint density at radius 1 is 1.35 bits per heavy atom. The van der Waals surface area contributed by atoms with Crippen molar-refractivity contribution in [1.29, 1.82) is 0 Å². The van der Waals surface area contributed by atoms with E-state index in [1.807, 2.05) is 38.1 Å². The summed E-state index contributed by atoms with van der Waals surface area (Å²) >= 11 is 0. The minimum atomic E-state index is -0.271. The first-order valence-corrected chi connectivity index (χ1v) is 8.38. The van der Waals surface area contributed by atoms with E-state index in [9.17, 15) is 9.59 Å². The third kappa shape index (κ3) is 4.47. The summed E-state index contributed by atoms with van der Waals surface area (Å²) in [4.78, 5) is 26.1. The number of benzene rings is 1. The first-order valence-electron chi connectivity index (χ1n) is 8.38. The zero-order valence-electron chi connectivity index (χ0n) is 14.2. The number of hydrogen-bond acceptors (Lipinski definition) is 3. The van der Waals surface area contributed by atoms with Crippen LogP contribution >= 0.6 is 0 Å². The lowest BCUT2D eigenvalue weighted by molar-refractivity contribution is -0.126. The van der Waals surface area contributed by atoms with Crippen LogP contribution in [0.15, 0.2) is 24.3 Å². The molecule has 1 aliphatic rings. The van der Waals surface area contributed by atoms with Crippen LogP contribution in [-0.4, -0.2) is 31.0 Å². The minimum absolute atomic E-state index is 0.00321. The number of carbonyl (C=O) groups excluding carboxylic acids is 2. The zero-order valence-corrected chi connectivity index (χ0v) is 14.2. The van der Waals surface area contributed by atoms with Gasteiger partial charge in [0, 0.05) is 24.7 Å². The molecule has 0 saturated carbocycles. The lowest BCUT2D eigenvalue weighted by atomic mass is 10.1. The minimum Gasteiger partial charge on any atom is -0.494 e. The summed E-state index contributed by atoms with van der Waals surface area (Å²) in [5, 5.41) is 2.96. The molecule has 2 rings (SSSR count). The number of amides is 2. The quantitative estimate of drug-likeness (QED) is 0.841. The molecule has 126 valence electrons. The molecule has 1 fully saturated rings. The summed E-state index contributed by atoms with van der Waals surface area (Å²) in [5.74, 6) is 0.496. The maximum Gasteiger partial charge on any atom is 0.227 e. The Morgan fingerprint density at radius 3 is 2.65 bits per heavy atom. The van der Waals surface area contributed by atoms with Crippen LogP contribution in [0, 0.1) is 5.92 Å². The molecule has 1 aromatic carbocycles. The van der Waals surface area contributed by atoms with E-state index in [1.165, 1.54) is 0 Å². The summed E-state index contributed by atoms with van der Waals surface area (Å²) in [6, 6.07) is 7.62. The van der Waals surface area contributed by atoms with Gasteiger partial charge in [0.05, 0.1) is 12.5 Å². The number of ether oxygens (including phenoxy) is 1. The molecule has 1 aliphatic heterocycles. The Hall–Kier alpha value is -2.04. The Kier molecular flexibility index (Phi) is 6.02. The van der Waals surface area contributed by atoms with Crippen LogP contribution in [0.1, 0.15) is 40.0 Å². The molecule has 1 saturated heterocycles. The molecule has 0 aliphatic carbocycles. The van der Waals surface area contributed by atoms with Gasteiger partial charge in [-0.05, 0) is 44.0 Å². The van der Waals surface area contributed by atoms with E-state index in [4.69, 9.17) is 4.74 Å². The molecule has 5 heteroatoms. The van der Waals surface area contributed by atoms with E-state index in [2.05, 4.69) is 12.2 Å². The summed E-state index contributed by atoms with van der Waals surface area (Å²) < 4.78 is 5.55. The van der Waals surface area contributed by atoms with Gasteiger partial charge in [-0.3, -0.25) is 9.59 Å². The van der Waals surface area contributed by atoms with Crippen molar-refractivity contribution < 1.29 is 14.3 Å². The van der Waals surface area contributed by atoms with Crippen LogP contribution in [0.3, 0.4) is 0 Å². The van der Waals surface area contributed by atoms with Crippen molar-refractivity contribution in [3.8, 4) is 5.75 Å². The lowest BCUT2D eigenvalue weighted by Gasteiger charge is -2.18. The van der Waals surface area contributed by atoms with E-state index >= 15 is 0 Å². The third-order valence-corrected chi connectivity index (χ3v) is 4.12. The van der Waals surface area contributed by atoms with E-state index in [0.29, 0.717) is 13.2 Å². The van der Waals surface area contributed by atoms with Crippen LogP contribution in [0.25, 0.3) is 0 Å². The molecular weight excluding hydrogens is 292 g/mol. The molecule has 2 amide bonds. The highest BCUT2D eigenvalue weighted by Gasteiger charge is 2.35. The molecule has 0 aromatic heterocycles. The SMILES string of the molecule is CCCOc1ccc(N2C[C@@H](C(=O)N[C@@H](C)CC)CC2=O)cc1. The smallest absolute Gasteiger partial charge is 0.227 e. The van der Waals surface area contributed by atoms with E-state index in [-0.39, 0.29) is 30.2 Å². The number of nitrogens with zero attached hydrogens (tertiary/aromatic N) is 1. The third-order valence-electron chi connectivity index (χ3n) is 4.12. The van der Waals surface area contributed by atoms with Crippen LogP contribution in [-0.2, 0) is 9.59 Å². The van der Waals surface area contributed by atoms with Gasteiger partial charge in [-0.1, -0.05) is 13.8 Å². The molecule has 1 aromatic rings. The van der Waals surface area contributed by atoms with Crippen molar-refractivity contribution in [1.82, 2.24) is 5.32 Å². The summed E-state index contributed by atoms with van der Waals surface area (Å²) in [6.45, 7) is 7.18. The Labute approximate surface area is 138 Å². The van der Waals surface area contributed by atoms with Crippen molar-refractivity contribution in [3.63, 3.8) is 0 Å². The van der Waals surface area contributed by atoms with Gasteiger partial charge in [-0.15, -0.1) is 0 Å². The van der Waals surface area contributed by atoms with Crippen molar-refractivity contribution in [2.45, 2.75) is 46.1 Å². The molecule has 23 heavy (non-hydrogen) atoms. The predicted molar refractivity (Wildman–Crippen MR) is 90.6 cm³/mol. The molecule has 0 bridgehead atoms. The fraction of sp³-hybridized carbons (Fsp3) is 0.556. The van der Waals surface area contributed by atoms with Crippen LogP contribution < -0.4 is 15.0 Å². The predicted octanol–water partition coefficient (Wildman–Crippen LogP) is 2.74. The summed E-state index contributed by atoms with van der Waals surface area (Å²) in [5.41, 5.74) is 0.817. The molecule has 2 atom stereocenters. The van der Waals surface area contributed by atoms with Crippen LogP contribution in [0.2, 0.25) is 0 Å². The van der Waals surface area contributed by atoms with Gasteiger partial charge in [0.25, 0.3) is 0 Å². The molecule has 0 radical (unpaired) electrons. The molecule has 0 spiro atoms. The zero-order chi connectivity index (χ0) is 16.8. The standard InChI is InChI=1S/C18H26N2O3/c1-4-10-23-16-8-6-15(7-9-16)20-12-14(11-17(20)21)18(22)19-13(3)5-2/h6-9,13-14H,4-5,10-12H2,1-3H3,(H,19,22)/t13-,14-/m0/s1. The topological polar surface area (TPSA) is 58.6 Å². The molecule has 5 nitrogen and oxygen atoms in total. The highest BCUT2D eigenvalue weighted by Crippen LogP contribution is 2.27. The van der Waals surface area contributed by atoms with Crippen molar-refractivity contribution in [2.75, 3.05) is 18.1 Å². The van der Waals surface area contributed by atoms with E-state index in [1.54, 1.807) is 4.90 Å². The highest BCUT2D eigenvalue weighted by molar-refractivity contribution is 6.00. The summed E-state index contributed by atoms with van der Waals surface area (Å²) in [6.07, 6.45) is 2.12. The van der Waals surface area contributed by atoms with Gasteiger partial charge in [0.15, 0.2) is 0 Å². The lowest BCUT2D eigenvalue weighted by Crippen LogP contribution is -2.38. The monoisotopic (exact) mass is 318 g/mol. The second-order valence-corrected chi connectivity index (χ2v) is 6.07. The largest absolute Gasteiger partial charge is 0.494 e. The highest BCUT2D eigenvalue weighted by atomic mass is 16.5. The molecule has 0 unspecified atom stereocenters. The van der Waals surface area contributed by atoms with Gasteiger partial charge >= 0.3 is 0 Å². The normalized spacial score (nSPS) is 18.8. The number of carbonyl (C=O) groups is 2. The Bertz CT molecular complexity index is 542. The van der Waals surface area contributed by atoms with Crippen LogP contribution in [0.5, 0.6) is 5.75 Å². The summed E-state index contributed by atoms with van der Waals surface area (Å²) in [7, 11) is 0. The second-order valence-electron chi connectivity index (χ2n) is 6.07.